The smallest absolute Gasteiger partial charge is 0.0792 e. The van der Waals surface area contributed by atoms with Gasteiger partial charge in [0.15, 0.2) is 0 Å². The molecule has 1 saturated carbocycles. The molecule has 13 heavy (non-hydrogen) atoms. The largest absolute Gasteiger partial charge is 0.388 e. The second-order valence-corrected chi connectivity index (χ2v) is 4.32. The number of rotatable bonds is 0. The second-order valence-electron chi connectivity index (χ2n) is 4.32. The zero-order valence-electron chi connectivity index (χ0n) is 7.61. The van der Waals surface area contributed by atoms with Crippen molar-refractivity contribution >= 4 is 0 Å². The fourth-order valence-electron chi connectivity index (χ4n) is 2.63. The molecular formula is C12H14O. The molecule has 0 radical (unpaired) electrons. The Morgan fingerprint density at radius 1 is 1.08 bits per heavy atom. The number of hydrogen-bond donors (Lipinski definition) is 1. The fourth-order valence-corrected chi connectivity index (χ4v) is 2.63. The predicted molar refractivity (Wildman–Crippen MR) is 51.5 cm³/mol. The van der Waals surface area contributed by atoms with Crippen LogP contribution < -0.4 is 0 Å². The Bertz CT molecular complexity index is 311. The van der Waals surface area contributed by atoms with Gasteiger partial charge in [-0.25, -0.2) is 0 Å². The Morgan fingerprint density at radius 3 is 2.69 bits per heavy atom. The number of benzene rings is 1. The van der Waals surface area contributed by atoms with Gasteiger partial charge in [0.05, 0.1) is 6.10 Å². The summed E-state index contributed by atoms with van der Waals surface area (Å²) >= 11 is 0. The first-order valence-electron chi connectivity index (χ1n) is 5.13. The second kappa shape index (κ2) is 2.58. The predicted octanol–water partition coefficient (Wildman–Crippen LogP) is 2.62. The lowest BCUT2D eigenvalue weighted by atomic mass is 9.99. The summed E-state index contributed by atoms with van der Waals surface area (Å²) in [7, 11) is 0. The lowest BCUT2D eigenvalue weighted by molar-refractivity contribution is 0.164. The number of aliphatic hydroxyl groups is 1. The van der Waals surface area contributed by atoms with E-state index in [1.54, 1.807) is 0 Å². The standard InChI is InChI=1S/C12H14O/c13-12-6-5-8-7-11(8)9-3-1-2-4-10(9)12/h1-4,8,11-13H,5-7H2/t8-,11-,12+/m0/s1. The maximum atomic E-state index is 9.88. The summed E-state index contributed by atoms with van der Waals surface area (Å²) in [5.74, 6) is 1.65. The van der Waals surface area contributed by atoms with Crippen LogP contribution in [0.15, 0.2) is 24.3 Å². The van der Waals surface area contributed by atoms with Crippen molar-refractivity contribution in [1.82, 2.24) is 0 Å². The molecule has 3 atom stereocenters. The summed E-state index contributed by atoms with van der Waals surface area (Å²) in [4.78, 5) is 0. The molecule has 2 aliphatic rings. The third kappa shape index (κ3) is 1.11. The molecule has 0 unspecified atom stereocenters. The van der Waals surface area contributed by atoms with E-state index in [4.69, 9.17) is 0 Å². The van der Waals surface area contributed by atoms with Crippen molar-refractivity contribution in [3.63, 3.8) is 0 Å². The topological polar surface area (TPSA) is 20.2 Å². The third-order valence-electron chi connectivity index (χ3n) is 3.49. The van der Waals surface area contributed by atoms with Crippen molar-refractivity contribution in [3.8, 4) is 0 Å². The summed E-state index contributed by atoms with van der Waals surface area (Å²) in [6.07, 6.45) is 3.31. The highest BCUT2D eigenvalue weighted by atomic mass is 16.3. The van der Waals surface area contributed by atoms with Crippen molar-refractivity contribution in [2.45, 2.75) is 31.3 Å². The quantitative estimate of drug-likeness (QED) is 0.641. The third-order valence-corrected chi connectivity index (χ3v) is 3.49. The molecule has 0 spiro atoms. The van der Waals surface area contributed by atoms with Gasteiger partial charge in [-0.1, -0.05) is 24.3 Å². The lowest BCUT2D eigenvalue weighted by Crippen LogP contribution is -1.98. The van der Waals surface area contributed by atoms with Crippen molar-refractivity contribution in [2.75, 3.05) is 0 Å². The van der Waals surface area contributed by atoms with Crippen LogP contribution in [0, 0.1) is 5.92 Å². The van der Waals surface area contributed by atoms with Crippen LogP contribution >= 0.6 is 0 Å². The molecular weight excluding hydrogens is 160 g/mol. The maximum absolute atomic E-state index is 9.88. The van der Waals surface area contributed by atoms with Crippen LogP contribution in [-0.2, 0) is 0 Å². The SMILES string of the molecule is O[C@@H]1CC[C@H]2C[C@@H]2c2ccccc21. The van der Waals surface area contributed by atoms with Crippen LogP contribution in [0.5, 0.6) is 0 Å². The van der Waals surface area contributed by atoms with E-state index in [9.17, 15) is 5.11 Å². The van der Waals surface area contributed by atoms with Crippen molar-refractivity contribution in [3.05, 3.63) is 35.4 Å². The zero-order chi connectivity index (χ0) is 8.84. The van der Waals surface area contributed by atoms with Gasteiger partial charge >= 0.3 is 0 Å². The van der Waals surface area contributed by atoms with E-state index in [-0.39, 0.29) is 6.10 Å². The average molecular weight is 174 g/mol. The first kappa shape index (κ1) is 7.57. The normalized spacial score (nSPS) is 35.9. The molecule has 1 N–H and O–H groups in total. The monoisotopic (exact) mass is 174 g/mol. The minimum atomic E-state index is -0.205. The highest BCUT2D eigenvalue weighted by molar-refractivity contribution is 5.37. The summed E-state index contributed by atoms with van der Waals surface area (Å²) in [5.41, 5.74) is 2.60. The van der Waals surface area contributed by atoms with Crippen molar-refractivity contribution in [1.29, 1.82) is 0 Å². The van der Waals surface area contributed by atoms with Gasteiger partial charge in [0.1, 0.15) is 0 Å². The molecule has 0 saturated heterocycles. The van der Waals surface area contributed by atoms with E-state index in [2.05, 4.69) is 18.2 Å². The average Bonchev–Trinajstić information content (AvgIpc) is 2.92. The molecule has 2 aliphatic carbocycles. The minimum absolute atomic E-state index is 0.205. The summed E-state index contributed by atoms with van der Waals surface area (Å²) in [6.45, 7) is 0. The molecule has 1 aromatic rings. The Balaban J connectivity index is 2.10. The van der Waals surface area contributed by atoms with Crippen LogP contribution in [0.2, 0.25) is 0 Å². The van der Waals surface area contributed by atoms with Gasteiger partial charge in [-0.2, -0.15) is 0 Å². The van der Waals surface area contributed by atoms with Gasteiger partial charge in [-0.15, -0.1) is 0 Å². The van der Waals surface area contributed by atoms with E-state index in [1.807, 2.05) is 6.07 Å². The van der Waals surface area contributed by atoms with E-state index >= 15 is 0 Å². The molecule has 0 amide bonds. The van der Waals surface area contributed by atoms with Gasteiger partial charge in [0.2, 0.25) is 0 Å². The molecule has 0 bridgehead atoms. The number of aliphatic hydroxyl groups excluding tert-OH is 1. The van der Waals surface area contributed by atoms with E-state index in [1.165, 1.54) is 24.0 Å². The molecule has 0 aliphatic heterocycles. The molecule has 1 fully saturated rings. The van der Waals surface area contributed by atoms with Crippen LogP contribution in [0.25, 0.3) is 0 Å². The van der Waals surface area contributed by atoms with E-state index in [0.717, 1.165) is 18.3 Å². The van der Waals surface area contributed by atoms with Gasteiger partial charge in [0.25, 0.3) is 0 Å². The minimum Gasteiger partial charge on any atom is -0.388 e. The highest BCUT2D eigenvalue weighted by Gasteiger charge is 2.41. The Morgan fingerprint density at radius 2 is 1.85 bits per heavy atom. The lowest BCUT2D eigenvalue weighted by Gasteiger charge is -2.11. The van der Waals surface area contributed by atoms with E-state index < -0.39 is 0 Å². The van der Waals surface area contributed by atoms with Gasteiger partial charge in [-0.3, -0.25) is 0 Å². The highest BCUT2D eigenvalue weighted by Crippen LogP contribution is 2.54. The van der Waals surface area contributed by atoms with Gasteiger partial charge in [-0.05, 0) is 42.2 Å². The molecule has 1 aromatic carbocycles. The fraction of sp³-hybridized carbons (Fsp3) is 0.500. The Hall–Kier alpha value is -0.820. The Kier molecular flexibility index (Phi) is 1.50. The summed E-state index contributed by atoms with van der Waals surface area (Å²) < 4.78 is 0. The molecule has 1 heteroatoms. The maximum Gasteiger partial charge on any atom is 0.0792 e. The molecule has 68 valence electrons. The van der Waals surface area contributed by atoms with E-state index in [0.29, 0.717) is 0 Å². The Labute approximate surface area is 78.4 Å². The molecule has 3 rings (SSSR count). The molecule has 1 nitrogen and oxygen atoms in total. The van der Waals surface area contributed by atoms with Crippen LogP contribution in [-0.4, -0.2) is 5.11 Å². The van der Waals surface area contributed by atoms with Gasteiger partial charge in [0, 0.05) is 0 Å². The summed E-state index contributed by atoms with van der Waals surface area (Å²) in [6, 6.07) is 8.40. The van der Waals surface area contributed by atoms with Crippen LogP contribution in [0.4, 0.5) is 0 Å². The molecule has 0 aromatic heterocycles. The first-order valence-corrected chi connectivity index (χ1v) is 5.13. The molecule has 0 heterocycles. The van der Waals surface area contributed by atoms with Gasteiger partial charge < -0.3 is 5.11 Å². The number of hydrogen-bond acceptors (Lipinski definition) is 1. The van der Waals surface area contributed by atoms with Crippen LogP contribution in [0.3, 0.4) is 0 Å². The van der Waals surface area contributed by atoms with Crippen LogP contribution in [0.1, 0.15) is 42.4 Å². The van der Waals surface area contributed by atoms with Crippen molar-refractivity contribution < 1.29 is 5.11 Å². The number of fused-ring (bicyclic) bond motifs is 3. The zero-order valence-corrected chi connectivity index (χ0v) is 7.61. The first-order chi connectivity index (χ1) is 6.36. The summed E-state index contributed by atoms with van der Waals surface area (Å²) in [5, 5.41) is 9.88. The van der Waals surface area contributed by atoms with Crippen molar-refractivity contribution in [2.24, 2.45) is 5.92 Å².